The van der Waals surface area contributed by atoms with Crippen molar-refractivity contribution in [3.63, 3.8) is 0 Å². The van der Waals surface area contributed by atoms with Crippen LogP contribution in [0.3, 0.4) is 0 Å². The zero-order valence-corrected chi connectivity index (χ0v) is 18.2. The van der Waals surface area contributed by atoms with E-state index in [0.29, 0.717) is 24.7 Å². The lowest BCUT2D eigenvalue weighted by molar-refractivity contribution is 0.251. The molecule has 0 aliphatic carbocycles. The summed E-state index contributed by atoms with van der Waals surface area (Å²) in [6, 6.07) is 7.30. The molecule has 0 spiro atoms. The Hall–Kier alpha value is -3.14. The Balaban J connectivity index is 1.24. The molecule has 1 aliphatic rings. The number of nitrogens with zero attached hydrogens (tertiary/aromatic N) is 5. The number of aromatic nitrogens is 5. The maximum atomic E-state index is 12.3. The molecular weight excluding hydrogens is 414 g/mol. The SMILES string of the molecule is Cc1cc(Sc2ncccn2)ccc1NC(=O)NCCCn1nc2n(c1=O)CCCC2. The first-order valence-corrected chi connectivity index (χ1v) is 11.2. The number of fused-ring (bicyclic) bond motifs is 1. The van der Waals surface area contributed by atoms with E-state index in [4.69, 9.17) is 0 Å². The van der Waals surface area contributed by atoms with Gasteiger partial charge in [-0.3, -0.25) is 4.57 Å². The normalized spacial score (nSPS) is 12.9. The molecule has 10 heteroatoms. The molecule has 0 fully saturated rings. The number of carbonyl (C=O) groups excluding carboxylic acids is 1. The minimum Gasteiger partial charge on any atom is -0.338 e. The number of hydrogen-bond donors (Lipinski definition) is 2. The van der Waals surface area contributed by atoms with Crippen molar-refractivity contribution < 1.29 is 4.79 Å². The Morgan fingerprint density at radius 1 is 1.23 bits per heavy atom. The summed E-state index contributed by atoms with van der Waals surface area (Å²) in [6.45, 7) is 3.65. The highest BCUT2D eigenvalue weighted by molar-refractivity contribution is 7.99. The van der Waals surface area contributed by atoms with E-state index in [1.54, 1.807) is 23.0 Å². The lowest BCUT2D eigenvalue weighted by atomic mass is 10.2. The fraction of sp³-hybridized carbons (Fsp3) is 0.381. The fourth-order valence-corrected chi connectivity index (χ4v) is 4.28. The van der Waals surface area contributed by atoms with Crippen LogP contribution in [0.5, 0.6) is 0 Å². The first kappa shape index (κ1) is 21.1. The Morgan fingerprint density at radius 3 is 2.84 bits per heavy atom. The predicted molar refractivity (Wildman–Crippen MR) is 118 cm³/mol. The molecule has 3 aromatic rings. The maximum Gasteiger partial charge on any atom is 0.345 e. The molecule has 1 aromatic carbocycles. The summed E-state index contributed by atoms with van der Waals surface area (Å²) in [7, 11) is 0. The van der Waals surface area contributed by atoms with Gasteiger partial charge in [0, 0.05) is 49.0 Å². The molecule has 0 bridgehead atoms. The standard InChI is InChI=1S/C21H25N7O2S/c1-15-14-16(31-20-23-9-4-10-24-20)7-8-17(15)25-19(29)22-11-5-13-28-21(30)27-12-3-2-6-18(27)26-28/h4,7-10,14H,2-3,5-6,11-13H2,1H3,(H2,22,25,29). The summed E-state index contributed by atoms with van der Waals surface area (Å²) >= 11 is 1.47. The van der Waals surface area contributed by atoms with Gasteiger partial charge in [0.1, 0.15) is 5.82 Å². The molecule has 2 amide bonds. The second-order valence-corrected chi connectivity index (χ2v) is 8.42. The summed E-state index contributed by atoms with van der Waals surface area (Å²) in [5, 5.41) is 10.8. The predicted octanol–water partition coefficient (Wildman–Crippen LogP) is 2.84. The third kappa shape index (κ3) is 5.32. The van der Waals surface area contributed by atoms with Crippen LogP contribution < -0.4 is 16.3 Å². The van der Waals surface area contributed by atoms with Crippen molar-refractivity contribution in [2.75, 3.05) is 11.9 Å². The average Bonchev–Trinajstić information content (AvgIpc) is 3.10. The van der Waals surface area contributed by atoms with Gasteiger partial charge in [-0.15, -0.1) is 0 Å². The lowest BCUT2D eigenvalue weighted by Crippen LogP contribution is -2.31. The van der Waals surface area contributed by atoms with Crippen molar-refractivity contribution in [1.29, 1.82) is 0 Å². The zero-order valence-electron chi connectivity index (χ0n) is 17.4. The van der Waals surface area contributed by atoms with Gasteiger partial charge < -0.3 is 10.6 Å². The molecule has 0 radical (unpaired) electrons. The first-order valence-electron chi connectivity index (χ1n) is 10.4. The van der Waals surface area contributed by atoms with Crippen molar-refractivity contribution in [2.24, 2.45) is 0 Å². The van der Waals surface area contributed by atoms with Gasteiger partial charge >= 0.3 is 11.7 Å². The van der Waals surface area contributed by atoms with Crippen LogP contribution in [0, 0.1) is 6.92 Å². The summed E-state index contributed by atoms with van der Waals surface area (Å²) in [5.74, 6) is 0.873. The van der Waals surface area contributed by atoms with E-state index >= 15 is 0 Å². The van der Waals surface area contributed by atoms with Crippen molar-refractivity contribution in [3.05, 3.63) is 58.5 Å². The highest BCUT2D eigenvalue weighted by Crippen LogP contribution is 2.27. The van der Waals surface area contributed by atoms with E-state index in [9.17, 15) is 9.59 Å². The fourth-order valence-electron chi connectivity index (χ4n) is 3.47. The Morgan fingerprint density at radius 2 is 2.06 bits per heavy atom. The van der Waals surface area contributed by atoms with Crippen LogP contribution in [-0.4, -0.2) is 36.9 Å². The van der Waals surface area contributed by atoms with Gasteiger partial charge in [0.2, 0.25) is 0 Å². The summed E-state index contributed by atoms with van der Waals surface area (Å²) in [4.78, 5) is 34.0. The molecule has 162 valence electrons. The number of urea groups is 1. The van der Waals surface area contributed by atoms with E-state index in [1.807, 2.05) is 25.1 Å². The molecule has 0 saturated carbocycles. The van der Waals surface area contributed by atoms with Gasteiger partial charge in [0.25, 0.3) is 0 Å². The van der Waals surface area contributed by atoms with Crippen molar-refractivity contribution in [3.8, 4) is 0 Å². The molecule has 31 heavy (non-hydrogen) atoms. The maximum absolute atomic E-state index is 12.3. The average molecular weight is 440 g/mol. The molecule has 1 aliphatic heterocycles. The van der Waals surface area contributed by atoms with E-state index in [0.717, 1.165) is 47.8 Å². The van der Waals surface area contributed by atoms with E-state index in [-0.39, 0.29) is 11.7 Å². The minimum atomic E-state index is -0.272. The third-order valence-electron chi connectivity index (χ3n) is 5.06. The van der Waals surface area contributed by atoms with E-state index in [2.05, 4.69) is 25.7 Å². The van der Waals surface area contributed by atoms with Gasteiger partial charge in [0.05, 0.1) is 0 Å². The van der Waals surface area contributed by atoms with Crippen LogP contribution in [0.25, 0.3) is 0 Å². The number of benzene rings is 1. The molecule has 9 nitrogen and oxygen atoms in total. The van der Waals surface area contributed by atoms with Crippen LogP contribution in [0.2, 0.25) is 0 Å². The number of rotatable bonds is 7. The molecular formula is C21H25N7O2S. The summed E-state index contributed by atoms with van der Waals surface area (Å²) in [6.07, 6.45) is 7.02. The highest BCUT2D eigenvalue weighted by atomic mass is 32.2. The van der Waals surface area contributed by atoms with Crippen LogP contribution in [0.15, 0.2) is 51.5 Å². The molecule has 0 unspecified atom stereocenters. The first-order chi connectivity index (χ1) is 15.1. The Labute approximate surface area is 184 Å². The summed E-state index contributed by atoms with van der Waals surface area (Å²) in [5.41, 5.74) is 1.65. The number of anilines is 1. The number of carbonyl (C=O) groups is 1. The molecule has 2 aromatic heterocycles. The van der Waals surface area contributed by atoms with Crippen LogP contribution >= 0.6 is 11.8 Å². The quantitative estimate of drug-likeness (QED) is 0.433. The zero-order chi connectivity index (χ0) is 21.6. The Kier molecular flexibility index (Phi) is 6.66. The topological polar surface area (TPSA) is 107 Å². The van der Waals surface area contributed by atoms with Crippen molar-refractivity contribution >= 4 is 23.5 Å². The third-order valence-corrected chi connectivity index (χ3v) is 5.94. The van der Waals surface area contributed by atoms with Gasteiger partial charge in [-0.2, -0.15) is 5.10 Å². The second kappa shape index (κ2) is 9.78. The van der Waals surface area contributed by atoms with Crippen molar-refractivity contribution in [2.45, 2.75) is 55.7 Å². The van der Waals surface area contributed by atoms with Crippen LogP contribution in [-0.2, 0) is 19.5 Å². The van der Waals surface area contributed by atoms with E-state index < -0.39 is 0 Å². The van der Waals surface area contributed by atoms with Crippen LogP contribution in [0.4, 0.5) is 10.5 Å². The van der Waals surface area contributed by atoms with E-state index in [1.165, 1.54) is 16.4 Å². The lowest BCUT2D eigenvalue weighted by Gasteiger charge is -2.11. The number of amides is 2. The molecule has 0 saturated heterocycles. The highest BCUT2D eigenvalue weighted by Gasteiger charge is 2.16. The largest absolute Gasteiger partial charge is 0.345 e. The van der Waals surface area contributed by atoms with Gasteiger partial charge in [-0.25, -0.2) is 24.2 Å². The van der Waals surface area contributed by atoms with Crippen molar-refractivity contribution in [1.82, 2.24) is 29.6 Å². The van der Waals surface area contributed by atoms with Gasteiger partial charge in [-0.1, -0.05) is 0 Å². The molecule has 2 N–H and O–H groups in total. The smallest absolute Gasteiger partial charge is 0.338 e. The van der Waals surface area contributed by atoms with Crippen LogP contribution in [0.1, 0.15) is 30.7 Å². The molecule has 4 rings (SSSR count). The number of nitrogens with one attached hydrogen (secondary N) is 2. The number of aryl methyl sites for hydroxylation is 3. The molecule has 3 heterocycles. The van der Waals surface area contributed by atoms with Gasteiger partial charge in [-0.05, 0) is 67.8 Å². The second-order valence-electron chi connectivity index (χ2n) is 7.38. The minimum absolute atomic E-state index is 0.0476. The summed E-state index contributed by atoms with van der Waals surface area (Å²) < 4.78 is 3.27. The van der Waals surface area contributed by atoms with Gasteiger partial charge in [0.15, 0.2) is 5.16 Å². The number of hydrogen-bond acceptors (Lipinski definition) is 6. The molecule has 0 atom stereocenters. The monoisotopic (exact) mass is 439 g/mol. The Bertz CT molecular complexity index is 1110.